The van der Waals surface area contributed by atoms with Crippen molar-refractivity contribution in [3.05, 3.63) is 35.9 Å². The molecule has 0 radical (unpaired) electrons. The molecule has 30 heavy (non-hydrogen) atoms. The van der Waals surface area contributed by atoms with E-state index in [1.807, 2.05) is 32.0 Å². The van der Waals surface area contributed by atoms with Gasteiger partial charge in [0.2, 0.25) is 5.91 Å². The number of benzene rings is 1. The number of nitrogens with zero attached hydrogens (tertiary/aromatic N) is 1. The Morgan fingerprint density at radius 3 is 2.60 bits per heavy atom. The van der Waals surface area contributed by atoms with Crippen LogP contribution in [0.15, 0.2) is 30.3 Å². The third-order valence-corrected chi connectivity index (χ3v) is 6.72. The summed E-state index contributed by atoms with van der Waals surface area (Å²) in [5.41, 5.74) is 1.07. The van der Waals surface area contributed by atoms with E-state index in [0.717, 1.165) is 38.6 Å². The zero-order valence-electron chi connectivity index (χ0n) is 19.4. The fourth-order valence-corrected chi connectivity index (χ4v) is 4.51. The van der Waals surface area contributed by atoms with E-state index >= 15 is 0 Å². The number of hydrogen-bond donors (Lipinski definition) is 1. The Kier molecular flexibility index (Phi) is 9.35. The Balaban J connectivity index is 2.06. The van der Waals surface area contributed by atoms with Gasteiger partial charge in [0.15, 0.2) is 0 Å². The molecule has 1 aromatic rings. The lowest BCUT2D eigenvalue weighted by Gasteiger charge is -2.40. The van der Waals surface area contributed by atoms with E-state index in [9.17, 15) is 9.59 Å². The summed E-state index contributed by atoms with van der Waals surface area (Å²) in [6.07, 6.45) is 5.67. The Labute approximate surface area is 182 Å². The minimum absolute atomic E-state index is 0.0898. The van der Waals surface area contributed by atoms with E-state index in [-0.39, 0.29) is 17.4 Å². The van der Waals surface area contributed by atoms with Crippen LogP contribution in [0.4, 0.5) is 0 Å². The fourth-order valence-electron chi connectivity index (χ4n) is 4.51. The summed E-state index contributed by atoms with van der Waals surface area (Å²) >= 11 is 0. The maximum absolute atomic E-state index is 13.4. The zero-order valence-corrected chi connectivity index (χ0v) is 19.4. The van der Waals surface area contributed by atoms with E-state index in [0.29, 0.717) is 18.9 Å². The molecule has 0 aromatic heterocycles. The number of nitrogens with one attached hydrogen (secondary N) is 1. The van der Waals surface area contributed by atoms with Gasteiger partial charge in [-0.05, 0) is 57.9 Å². The van der Waals surface area contributed by atoms with Crippen LogP contribution < -0.4 is 5.32 Å². The quantitative estimate of drug-likeness (QED) is 0.545. The van der Waals surface area contributed by atoms with Gasteiger partial charge >= 0.3 is 5.97 Å². The van der Waals surface area contributed by atoms with Crippen molar-refractivity contribution >= 4 is 11.9 Å². The molecule has 1 fully saturated rings. The van der Waals surface area contributed by atoms with Gasteiger partial charge in [-0.25, -0.2) is 0 Å². The Morgan fingerprint density at radius 1 is 1.27 bits per heavy atom. The molecule has 0 aliphatic carbocycles. The third-order valence-electron chi connectivity index (χ3n) is 6.72. The monoisotopic (exact) mass is 416 g/mol. The molecule has 0 saturated carbocycles. The average Bonchev–Trinajstić information content (AvgIpc) is 3.04. The standard InChI is InChI=1S/C25H40N2O3/c1-6-8-17-25(5)19(3)16-18-27(25)23(28)20(4)26-22(24(29)30-7-2)15-14-21-12-10-9-11-13-21/h9-13,19-20,22,26H,6-8,14-18H2,1-5H3. The first-order valence-electron chi connectivity index (χ1n) is 11.6. The van der Waals surface area contributed by atoms with Gasteiger partial charge in [-0.15, -0.1) is 0 Å². The molecule has 4 unspecified atom stereocenters. The SMILES string of the molecule is CCCCC1(C)C(C)CCN1C(=O)C(C)NC(CCc1ccccc1)C(=O)OCC. The topological polar surface area (TPSA) is 58.6 Å². The van der Waals surface area contributed by atoms with Crippen molar-refractivity contribution in [2.24, 2.45) is 5.92 Å². The molecule has 1 amide bonds. The number of amides is 1. The third kappa shape index (κ3) is 6.07. The zero-order chi connectivity index (χ0) is 22.1. The number of carbonyl (C=O) groups is 2. The van der Waals surface area contributed by atoms with E-state index in [1.54, 1.807) is 0 Å². The summed E-state index contributed by atoms with van der Waals surface area (Å²) < 4.78 is 5.28. The largest absolute Gasteiger partial charge is 0.465 e. The molecule has 168 valence electrons. The molecule has 5 nitrogen and oxygen atoms in total. The summed E-state index contributed by atoms with van der Waals surface area (Å²) in [6.45, 7) is 11.5. The molecule has 1 N–H and O–H groups in total. The van der Waals surface area contributed by atoms with Crippen molar-refractivity contribution in [3.63, 3.8) is 0 Å². The summed E-state index contributed by atoms with van der Waals surface area (Å²) in [5.74, 6) is 0.294. The number of esters is 1. The lowest BCUT2D eigenvalue weighted by molar-refractivity contribution is -0.146. The molecule has 0 spiro atoms. The van der Waals surface area contributed by atoms with Crippen LogP contribution >= 0.6 is 0 Å². The molecule has 1 aliphatic rings. The van der Waals surface area contributed by atoms with Gasteiger partial charge in [0.05, 0.1) is 12.6 Å². The highest BCUT2D eigenvalue weighted by Crippen LogP contribution is 2.38. The van der Waals surface area contributed by atoms with Gasteiger partial charge in [-0.1, -0.05) is 57.0 Å². The number of ether oxygens (including phenoxy) is 1. The second-order valence-corrected chi connectivity index (χ2v) is 8.86. The first-order chi connectivity index (χ1) is 14.3. The molecule has 4 atom stereocenters. The second kappa shape index (κ2) is 11.5. The number of likely N-dealkylation sites (tertiary alicyclic amines) is 1. The highest BCUT2D eigenvalue weighted by Gasteiger charge is 2.45. The summed E-state index contributed by atoms with van der Waals surface area (Å²) in [4.78, 5) is 28.0. The van der Waals surface area contributed by atoms with Crippen molar-refractivity contribution in [1.29, 1.82) is 0 Å². The van der Waals surface area contributed by atoms with E-state index in [2.05, 4.69) is 43.1 Å². The lowest BCUT2D eigenvalue weighted by Crippen LogP contribution is -2.56. The molecule has 1 saturated heterocycles. The Morgan fingerprint density at radius 2 is 1.97 bits per heavy atom. The van der Waals surface area contributed by atoms with Gasteiger partial charge in [0, 0.05) is 12.1 Å². The number of rotatable bonds is 11. The van der Waals surface area contributed by atoms with Crippen molar-refractivity contribution in [2.45, 2.75) is 90.8 Å². The molecular formula is C25H40N2O3. The van der Waals surface area contributed by atoms with Gasteiger partial charge in [0.1, 0.15) is 6.04 Å². The van der Waals surface area contributed by atoms with Crippen LogP contribution in [-0.4, -0.2) is 47.6 Å². The fraction of sp³-hybridized carbons (Fsp3) is 0.680. The Hall–Kier alpha value is -1.88. The highest BCUT2D eigenvalue weighted by molar-refractivity contribution is 5.84. The van der Waals surface area contributed by atoms with Gasteiger partial charge in [-0.2, -0.15) is 0 Å². The predicted molar refractivity (Wildman–Crippen MR) is 121 cm³/mol. The van der Waals surface area contributed by atoms with E-state index < -0.39 is 12.1 Å². The molecule has 5 heteroatoms. The van der Waals surface area contributed by atoms with Crippen LogP contribution in [0.1, 0.15) is 72.3 Å². The van der Waals surface area contributed by atoms with Crippen LogP contribution in [0, 0.1) is 5.92 Å². The summed E-state index contributed by atoms with van der Waals surface area (Å²) in [6, 6.07) is 9.17. The Bertz CT molecular complexity index is 678. The van der Waals surface area contributed by atoms with E-state index in [4.69, 9.17) is 4.74 Å². The smallest absolute Gasteiger partial charge is 0.323 e. The van der Waals surface area contributed by atoms with Crippen LogP contribution in [0.5, 0.6) is 0 Å². The molecule has 1 aromatic carbocycles. The molecular weight excluding hydrogens is 376 g/mol. The minimum atomic E-state index is -0.494. The van der Waals surface area contributed by atoms with Crippen LogP contribution in [0.25, 0.3) is 0 Å². The number of aryl methyl sites for hydroxylation is 1. The van der Waals surface area contributed by atoms with Crippen molar-refractivity contribution < 1.29 is 14.3 Å². The first kappa shape index (κ1) is 24.4. The average molecular weight is 417 g/mol. The molecule has 1 aliphatic heterocycles. The maximum atomic E-state index is 13.4. The number of carbonyl (C=O) groups excluding carboxylic acids is 2. The lowest BCUT2D eigenvalue weighted by atomic mass is 9.83. The summed E-state index contributed by atoms with van der Waals surface area (Å²) in [7, 11) is 0. The normalized spacial score (nSPS) is 23.2. The van der Waals surface area contributed by atoms with Gasteiger partial charge in [0.25, 0.3) is 0 Å². The maximum Gasteiger partial charge on any atom is 0.323 e. The second-order valence-electron chi connectivity index (χ2n) is 8.86. The molecule has 2 rings (SSSR count). The van der Waals surface area contributed by atoms with Crippen LogP contribution in [-0.2, 0) is 20.7 Å². The van der Waals surface area contributed by atoms with Gasteiger partial charge in [-0.3, -0.25) is 14.9 Å². The van der Waals surface area contributed by atoms with Crippen molar-refractivity contribution in [1.82, 2.24) is 10.2 Å². The number of hydrogen-bond acceptors (Lipinski definition) is 4. The van der Waals surface area contributed by atoms with Crippen LogP contribution in [0.3, 0.4) is 0 Å². The van der Waals surface area contributed by atoms with Crippen LogP contribution in [0.2, 0.25) is 0 Å². The predicted octanol–water partition coefficient (Wildman–Crippen LogP) is 4.35. The number of unbranched alkanes of at least 4 members (excludes halogenated alkanes) is 1. The van der Waals surface area contributed by atoms with E-state index in [1.165, 1.54) is 5.56 Å². The van der Waals surface area contributed by atoms with Crippen molar-refractivity contribution in [3.8, 4) is 0 Å². The van der Waals surface area contributed by atoms with Gasteiger partial charge < -0.3 is 9.64 Å². The highest BCUT2D eigenvalue weighted by atomic mass is 16.5. The van der Waals surface area contributed by atoms with Crippen molar-refractivity contribution in [2.75, 3.05) is 13.2 Å². The molecule has 1 heterocycles. The summed E-state index contributed by atoms with van der Waals surface area (Å²) in [5, 5.41) is 3.29. The minimum Gasteiger partial charge on any atom is -0.465 e. The first-order valence-corrected chi connectivity index (χ1v) is 11.6. The molecule has 0 bridgehead atoms.